The van der Waals surface area contributed by atoms with Crippen molar-refractivity contribution in [3.8, 4) is 0 Å². The van der Waals surface area contributed by atoms with Crippen molar-refractivity contribution in [3.63, 3.8) is 0 Å². The van der Waals surface area contributed by atoms with Gasteiger partial charge in [0.2, 0.25) is 5.91 Å². The van der Waals surface area contributed by atoms with Crippen LogP contribution in [0.25, 0.3) is 22.0 Å². The molecule has 1 saturated carbocycles. The lowest BCUT2D eigenvalue weighted by Gasteiger charge is -2.16. The first-order valence-corrected chi connectivity index (χ1v) is 9.83. The minimum absolute atomic E-state index is 0. The number of fused-ring (bicyclic) bond motifs is 2. The van der Waals surface area contributed by atoms with E-state index in [0.29, 0.717) is 11.1 Å². The number of aromatic nitrogens is 2. The summed E-state index contributed by atoms with van der Waals surface area (Å²) in [6, 6.07) is 13.5. The third kappa shape index (κ3) is 2.95. The van der Waals surface area contributed by atoms with Crippen LogP contribution < -0.4 is 11.1 Å². The average Bonchev–Trinajstić information content (AvgIpc) is 3.21. The van der Waals surface area contributed by atoms with E-state index in [1.165, 1.54) is 0 Å². The Morgan fingerprint density at radius 3 is 2.59 bits per heavy atom. The van der Waals surface area contributed by atoms with Crippen molar-refractivity contribution >= 4 is 33.6 Å². The van der Waals surface area contributed by atoms with Crippen LogP contribution in [0.2, 0.25) is 0 Å². The highest BCUT2D eigenvalue weighted by Crippen LogP contribution is 2.49. The highest BCUT2D eigenvalue weighted by atomic mass is 16.4. The molecule has 4 aromatic rings. The fourth-order valence-corrected chi connectivity index (χ4v) is 3.89. The lowest BCUT2D eigenvalue weighted by atomic mass is 9.92. The molecule has 5 rings (SSSR count). The summed E-state index contributed by atoms with van der Waals surface area (Å²) in [6.07, 6.45) is 1.57. The van der Waals surface area contributed by atoms with Gasteiger partial charge in [0.1, 0.15) is 0 Å². The van der Waals surface area contributed by atoms with E-state index in [9.17, 15) is 9.59 Å². The van der Waals surface area contributed by atoms with Gasteiger partial charge in [-0.15, -0.1) is 0 Å². The smallest absolute Gasteiger partial charge is 0.408 e. The van der Waals surface area contributed by atoms with Gasteiger partial charge in [0.05, 0.1) is 10.9 Å². The monoisotopic (exact) mass is 391 g/mol. The summed E-state index contributed by atoms with van der Waals surface area (Å²) in [7, 11) is 0. The molecule has 2 aromatic heterocycles. The number of hydrogen-bond acceptors (Lipinski definition) is 3. The molecular formula is C23H25N3O3. The zero-order chi connectivity index (χ0) is 20.4. The maximum atomic E-state index is 13.1. The molecule has 1 amide bonds. The van der Waals surface area contributed by atoms with E-state index in [1.807, 2.05) is 30.3 Å². The number of H-pyrrole nitrogens is 2. The van der Waals surface area contributed by atoms with Crippen molar-refractivity contribution in [3.05, 3.63) is 64.3 Å². The van der Waals surface area contributed by atoms with Crippen molar-refractivity contribution in [1.82, 2.24) is 9.97 Å². The number of carbonyl (C=O) groups excluding carboxylic acids is 1. The molecule has 6 nitrogen and oxygen atoms in total. The standard InChI is InChI=1S/C23H23N3O3.H2/c1-22(2,3)19-11-13-10-15(5-6-16(13)25-19)24-20(27)23(8-9-23)14-4-7-18-17(12-14)26-21(28)29-18;/h4-7,10-12,25H,8-9H2,1-3H3,(H,24,27)(H,26,28);1H. The van der Waals surface area contributed by atoms with Crippen molar-refractivity contribution in [2.45, 2.75) is 44.4 Å². The van der Waals surface area contributed by atoms with E-state index in [1.54, 1.807) is 6.07 Å². The summed E-state index contributed by atoms with van der Waals surface area (Å²) in [5.41, 5.74) is 4.51. The number of nitrogens with one attached hydrogen (secondary N) is 3. The van der Waals surface area contributed by atoms with Gasteiger partial charge in [-0.3, -0.25) is 9.78 Å². The molecule has 1 fully saturated rings. The quantitative estimate of drug-likeness (QED) is 0.468. The molecule has 1 aliphatic carbocycles. The van der Waals surface area contributed by atoms with Gasteiger partial charge in [0, 0.05) is 29.1 Å². The van der Waals surface area contributed by atoms with Crippen LogP contribution in [0.4, 0.5) is 5.69 Å². The Balaban J connectivity index is 0.00000218. The van der Waals surface area contributed by atoms with Crippen molar-refractivity contribution in [1.29, 1.82) is 0 Å². The Labute approximate surface area is 168 Å². The fraction of sp³-hybridized carbons (Fsp3) is 0.304. The maximum absolute atomic E-state index is 13.1. The third-order valence-corrected chi connectivity index (χ3v) is 5.84. The largest absolute Gasteiger partial charge is 0.417 e. The van der Waals surface area contributed by atoms with Crippen LogP contribution in [0, 0.1) is 0 Å². The first-order chi connectivity index (χ1) is 13.7. The molecule has 2 aromatic carbocycles. The number of oxazole rings is 1. The normalized spacial score (nSPS) is 15.7. The zero-order valence-corrected chi connectivity index (χ0v) is 16.7. The van der Waals surface area contributed by atoms with Crippen molar-refractivity contribution in [2.75, 3.05) is 5.32 Å². The molecule has 2 heterocycles. The van der Waals surface area contributed by atoms with Gasteiger partial charge in [-0.05, 0) is 54.8 Å². The van der Waals surface area contributed by atoms with Crippen molar-refractivity contribution < 1.29 is 10.6 Å². The van der Waals surface area contributed by atoms with Crippen LogP contribution in [0.15, 0.2) is 51.7 Å². The van der Waals surface area contributed by atoms with Crippen molar-refractivity contribution in [2.24, 2.45) is 0 Å². The highest BCUT2D eigenvalue weighted by molar-refractivity contribution is 6.03. The molecular weight excluding hydrogens is 366 g/mol. The number of amides is 1. The van der Waals surface area contributed by atoms with E-state index in [4.69, 9.17) is 4.42 Å². The molecule has 6 heteroatoms. The van der Waals surface area contributed by atoms with Gasteiger partial charge in [-0.1, -0.05) is 26.8 Å². The summed E-state index contributed by atoms with van der Waals surface area (Å²) in [5.74, 6) is -0.505. The van der Waals surface area contributed by atoms with E-state index in [-0.39, 0.29) is 12.7 Å². The molecule has 0 aliphatic heterocycles. The Hall–Kier alpha value is -3.28. The first-order valence-electron chi connectivity index (χ1n) is 9.83. The van der Waals surface area contributed by atoms with Gasteiger partial charge in [-0.2, -0.15) is 0 Å². The molecule has 0 bridgehead atoms. The van der Waals surface area contributed by atoms with Crippen LogP contribution in [0.5, 0.6) is 0 Å². The highest BCUT2D eigenvalue weighted by Gasteiger charge is 2.51. The molecule has 0 unspecified atom stereocenters. The second kappa shape index (κ2) is 5.86. The lowest BCUT2D eigenvalue weighted by Crippen LogP contribution is -2.27. The fourth-order valence-electron chi connectivity index (χ4n) is 3.89. The van der Waals surface area contributed by atoms with Crippen LogP contribution in [0.1, 0.15) is 46.3 Å². The molecule has 0 saturated heterocycles. The van der Waals surface area contributed by atoms with Crippen LogP contribution in [0.3, 0.4) is 0 Å². The lowest BCUT2D eigenvalue weighted by molar-refractivity contribution is -0.118. The Morgan fingerprint density at radius 2 is 1.86 bits per heavy atom. The average molecular weight is 391 g/mol. The predicted octanol–water partition coefficient (Wildman–Crippen LogP) is 4.82. The Morgan fingerprint density at radius 1 is 1.07 bits per heavy atom. The predicted molar refractivity (Wildman–Crippen MR) is 115 cm³/mol. The Kier molecular flexibility index (Phi) is 3.60. The minimum atomic E-state index is -0.550. The molecule has 150 valence electrons. The molecule has 29 heavy (non-hydrogen) atoms. The number of hydrogen-bond donors (Lipinski definition) is 3. The summed E-state index contributed by atoms with van der Waals surface area (Å²) in [6.45, 7) is 6.50. The second-order valence-electron chi connectivity index (χ2n) is 9.00. The minimum Gasteiger partial charge on any atom is -0.408 e. The number of anilines is 1. The molecule has 0 radical (unpaired) electrons. The number of carbonyl (C=O) groups is 1. The van der Waals surface area contributed by atoms with E-state index in [2.05, 4.69) is 42.1 Å². The van der Waals surface area contributed by atoms with Gasteiger partial charge in [0.15, 0.2) is 5.58 Å². The zero-order valence-electron chi connectivity index (χ0n) is 16.7. The van der Waals surface area contributed by atoms with Gasteiger partial charge in [0.25, 0.3) is 0 Å². The van der Waals surface area contributed by atoms with Gasteiger partial charge in [-0.25, -0.2) is 4.79 Å². The van der Waals surface area contributed by atoms with E-state index < -0.39 is 11.2 Å². The summed E-state index contributed by atoms with van der Waals surface area (Å²) in [4.78, 5) is 30.6. The van der Waals surface area contributed by atoms with Gasteiger partial charge < -0.3 is 14.7 Å². The molecule has 1 aliphatic rings. The molecule has 0 atom stereocenters. The molecule has 0 spiro atoms. The van der Waals surface area contributed by atoms with Crippen LogP contribution >= 0.6 is 0 Å². The topological polar surface area (TPSA) is 90.9 Å². The van der Waals surface area contributed by atoms with Gasteiger partial charge >= 0.3 is 5.76 Å². The van der Waals surface area contributed by atoms with E-state index >= 15 is 0 Å². The van der Waals surface area contributed by atoms with Crippen LogP contribution in [-0.2, 0) is 15.6 Å². The van der Waals surface area contributed by atoms with E-state index in [0.717, 1.165) is 40.7 Å². The van der Waals surface area contributed by atoms with Crippen LogP contribution in [-0.4, -0.2) is 15.9 Å². The molecule has 3 N–H and O–H groups in total. The Bertz CT molecular complexity index is 1320. The maximum Gasteiger partial charge on any atom is 0.417 e. The summed E-state index contributed by atoms with van der Waals surface area (Å²) in [5, 5.41) is 4.17. The number of rotatable bonds is 3. The first kappa shape index (κ1) is 17.8. The number of aromatic amines is 2. The third-order valence-electron chi connectivity index (χ3n) is 5.84. The summed E-state index contributed by atoms with van der Waals surface area (Å²) < 4.78 is 5.06. The SMILES string of the molecule is CC(C)(C)c1cc2cc(NC(=O)C3(c4ccc5oc(=O)[nH]c5c4)CC3)ccc2[nH]1.[HH]. The number of benzene rings is 2. The second-order valence-corrected chi connectivity index (χ2v) is 9.00. The summed E-state index contributed by atoms with van der Waals surface area (Å²) >= 11 is 0.